The molecule has 0 aliphatic heterocycles. The molecular formula is C17H18FNO. The van der Waals surface area contributed by atoms with Gasteiger partial charge in [0.1, 0.15) is 5.82 Å². The van der Waals surface area contributed by atoms with Gasteiger partial charge in [-0.15, -0.1) is 0 Å². The van der Waals surface area contributed by atoms with E-state index in [-0.39, 0.29) is 11.7 Å². The minimum atomic E-state index is -0.317. The zero-order valence-electron chi connectivity index (χ0n) is 11.5. The molecule has 2 aromatic carbocycles. The van der Waals surface area contributed by atoms with Crippen molar-refractivity contribution in [3.8, 4) is 0 Å². The molecule has 1 N–H and O–H groups in total. The van der Waals surface area contributed by atoms with Gasteiger partial charge in [0.15, 0.2) is 0 Å². The molecule has 0 heterocycles. The van der Waals surface area contributed by atoms with Gasteiger partial charge in [-0.2, -0.15) is 0 Å². The molecular weight excluding hydrogens is 253 g/mol. The van der Waals surface area contributed by atoms with E-state index in [1.54, 1.807) is 6.92 Å². The Morgan fingerprint density at radius 3 is 2.60 bits per heavy atom. The number of benzene rings is 2. The van der Waals surface area contributed by atoms with E-state index in [1.807, 2.05) is 18.2 Å². The van der Waals surface area contributed by atoms with Crippen LogP contribution in [0.1, 0.15) is 27.9 Å². The fraction of sp³-hybridized carbons (Fsp3) is 0.235. The molecule has 104 valence electrons. The lowest BCUT2D eigenvalue weighted by Gasteiger charge is -2.08. The van der Waals surface area contributed by atoms with Crippen LogP contribution < -0.4 is 5.32 Å². The number of nitrogens with one attached hydrogen (secondary N) is 1. The highest BCUT2D eigenvalue weighted by Gasteiger charge is 2.08. The van der Waals surface area contributed by atoms with Crippen LogP contribution in [0.15, 0.2) is 48.5 Å². The van der Waals surface area contributed by atoms with Crippen molar-refractivity contribution in [2.75, 3.05) is 6.54 Å². The molecule has 0 saturated carbocycles. The Hall–Kier alpha value is -2.16. The molecule has 0 unspecified atom stereocenters. The van der Waals surface area contributed by atoms with Crippen molar-refractivity contribution in [3.05, 3.63) is 71.0 Å². The largest absolute Gasteiger partial charge is 0.352 e. The van der Waals surface area contributed by atoms with E-state index < -0.39 is 0 Å². The van der Waals surface area contributed by atoms with Gasteiger partial charge in [0, 0.05) is 12.1 Å². The summed E-state index contributed by atoms with van der Waals surface area (Å²) in [6.45, 7) is 2.35. The molecule has 0 aromatic heterocycles. The summed E-state index contributed by atoms with van der Waals surface area (Å²) in [5, 5.41) is 2.87. The van der Waals surface area contributed by atoms with Gasteiger partial charge >= 0.3 is 0 Å². The van der Waals surface area contributed by atoms with Crippen LogP contribution in [0.4, 0.5) is 4.39 Å². The van der Waals surface area contributed by atoms with E-state index >= 15 is 0 Å². The minimum absolute atomic E-state index is 0.143. The topological polar surface area (TPSA) is 29.1 Å². The van der Waals surface area contributed by atoms with Gasteiger partial charge < -0.3 is 5.32 Å². The summed E-state index contributed by atoms with van der Waals surface area (Å²) in [6, 6.07) is 14.4. The van der Waals surface area contributed by atoms with Gasteiger partial charge in [0.2, 0.25) is 0 Å². The van der Waals surface area contributed by atoms with E-state index in [1.165, 1.54) is 23.8 Å². The Morgan fingerprint density at radius 2 is 1.90 bits per heavy atom. The molecule has 1 amide bonds. The molecule has 3 heteroatoms. The predicted molar refractivity (Wildman–Crippen MR) is 78.2 cm³/mol. The maximum atomic E-state index is 13.0. The van der Waals surface area contributed by atoms with Crippen molar-refractivity contribution in [1.82, 2.24) is 5.32 Å². The van der Waals surface area contributed by atoms with Crippen LogP contribution in [0.5, 0.6) is 0 Å². The summed E-state index contributed by atoms with van der Waals surface area (Å²) >= 11 is 0. The van der Waals surface area contributed by atoms with Crippen LogP contribution in [0.3, 0.4) is 0 Å². The average molecular weight is 271 g/mol. The summed E-state index contributed by atoms with van der Waals surface area (Å²) < 4.78 is 13.0. The number of hydrogen-bond donors (Lipinski definition) is 1. The zero-order valence-corrected chi connectivity index (χ0v) is 11.5. The van der Waals surface area contributed by atoms with Gasteiger partial charge in [-0.25, -0.2) is 4.39 Å². The highest BCUT2D eigenvalue weighted by Crippen LogP contribution is 2.10. The first-order chi connectivity index (χ1) is 9.66. The number of carbonyl (C=O) groups excluding carboxylic acids is 1. The number of rotatable bonds is 5. The van der Waals surface area contributed by atoms with E-state index in [2.05, 4.69) is 17.4 Å². The van der Waals surface area contributed by atoms with Crippen molar-refractivity contribution in [2.24, 2.45) is 0 Å². The number of amides is 1. The van der Waals surface area contributed by atoms with Crippen LogP contribution in [0.2, 0.25) is 0 Å². The van der Waals surface area contributed by atoms with Crippen molar-refractivity contribution < 1.29 is 9.18 Å². The Labute approximate surface area is 118 Å². The molecule has 0 fully saturated rings. The lowest BCUT2D eigenvalue weighted by Crippen LogP contribution is -2.25. The highest BCUT2D eigenvalue weighted by molar-refractivity contribution is 5.95. The van der Waals surface area contributed by atoms with Gasteiger partial charge in [0.25, 0.3) is 5.91 Å². The van der Waals surface area contributed by atoms with Crippen LogP contribution in [-0.2, 0) is 6.42 Å². The first-order valence-corrected chi connectivity index (χ1v) is 6.75. The maximum Gasteiger partial charge on any atom is 0.251 e. The summed E-state index contributed by atoms with van der Waals surface area (Å²) in [4.78, 5) is 12.0. The van der Waals surface area contributed by atoms with Crippen LogP contribution >= 0.6 is 0 Å². The SMILES string of the molecule is Cc1cc(F)ccc1C(=O)NCCCc1ccccc1. The van der Waals surface area contributed by atoms with Crippen LogP contribution in [0, 0.1) is 12.7 Å². The molecule has 0 aliphatic carbocycles. The molecule has 20 heavy (non-hydrogen) atoms. The highest BCUT2D eigenvalue weighted by atomic mass is 19.1. The monoisotopic (exact) mass is 271 g/mol. The summed E-state index contributed by atoms with van der Waals surface area (Å²) in [7, 11) is 0. The third-order valence-corrected chi connectivity index (χ3v) is 3.20. The Morgan fingerprint density at radius 1 is 1.15 bits per heavy atom. The van der Waals surface area contributed by atoms with Gasteiger partial charge in [0.05, 0.1) is 0 Å². The predicted octanol–water partition coefficient (Wildman–Crippen LogP) is 3.50. The number of aryl methyl sites for hydroxylation is 2. The third-order valence-electron chi connectivity index (χ3n) is 3.20. The van der Waals surface area contributed by atoms with E-state index in [9.17, 15) is 9.18 Å². The lowest BCUT2D eigenvalue weighted by atomic mass is 10.1. The molecule has 2 rings (SSSR count). The molecule has 0 radical (unpaired) electrons. The van der Waals surface area contributed by atoms with Gasteiger partial charge in [-0.05, 0) is 49.1 Å². The minimum Gasteiger partial charge on any atom is -0.352 e. The second-order valence-corrected chi connectivity index (χ2v) is 4.80. The van der Waals surface area contributed by atoms with E-state index in [0.29, 0.717) is 17.7 Å². The van der Waals surface area contributed by atoms with Crippen LogP contribution in [0.25, 0.3) is 0 Å². The maximum absolute atomic E-state index is 13.0. The molecule has 2 aromatic rings. The summed E-state index contributed by atoms with van der Waals surface area (Å²) in [5.74, 6) is -0.460. The van der Waals surface area contributed by atoms with Crippen LogP contribution in [-0.4, -0.2) is 12.5 Å². The second kappa shape index (κ2) is 6.85. The molecule has 0 spiro atoms. The standard InChI is InChI=1S/C17H18FNO/c1-13-12-15(18)9-10-16(13)17(20)19-11-5-8-14-6-3-2-4-7-14/h2-4,6-7,9-10,12H,5,8,11H2,1H3,(H,19,20). The van der Waals surface area contributed by atoms with Crippen molar-refractivity contribution >= 4 is 5.91 Å². The normalized spacial score (nSPS) is 10.3. The van der Waals surface area contributed by atoms with Crippen molar-refractivity contribution in [2.45, 2.75) is 19.8 Å². The lowest BCUT2D eigenvalue weighted by molar-refractivity contribution is 0.0952. The summed E-state index contributed by atoms with van der Waals surface area (Å²) in [6.07, 6.45) is 1.82. The molecule has 0 bridgehead atoms. The smallest absolute Gasteiger partial charge is 0.251 e. The number of halogens is 1. The Bertz CT molecular complexity index is 581. The van der Waals surface area contributed by atoms with Gasteiger partial charge in [-0.3, -0.25) is 4.79 Å². The molecule has 2 nitrogen and oxygen atoms in total. The fourth-order valence-electron chi connectivity index (χ4n) is 2.12. The van der Waals surface area contributed by atoms with Crippen molar-refractivity contribution in [1.29, 1.82) is 0 Å². The molecule has 0 saturated heterocycles. The van der Waals surface area contributed by atoms with Crippen molar-refractivity contribution in [3.63, 3.8) is 0 Å². The summed E-state index contributed by atoms with van der Waals surface area (Å²) in [5.41, 5.74) is 2.45. The van der Waals surface area contributed by atoms with Gasteiger partial charge in [-0.1, -0.05) is 30.3 Å². The average Bonchev–Trinajstić information content (AvgIpc) is 2.44. The third kappa shape index (κ3) is 3.92. The van der Waals surface area contributed by atoms with E-state index in [4.69, 9.17) is 0 Å². The quantitative estimate of drug-likeness (QED) is 0.829. The Kier molecular flexibility index (Phi) is 4.88. The second-order valence-electron chi connectivity index (χ2n) is 4.80. The fourth-order valence-corrected chi connectivity index (χ4v) is 2.12. The number of carbonyl (C=O) groups is 1. The molecule has 0 atom stereocenters. The Balaban J connectivity index is 1.80. The van der Waals surface area contributed by atoms with E-state index in [0.717, 1.165) is 12.8 Å². The zero-order chi connectivity index (χ0) is 14.4. The molecule has 0 aliphatic rings. The number of hydrogen-bond acceptors (Lipinski definition) is 1. The first-order valence-electron chi connectivity index (χ1n) is 6.75. The first kappa shape index (κ1) is 14.3.